The van der Waals surface area contributed by atoms with Crippen molar-refractivity contribution in [2.24, 2.45) is 0 Å². The van der Waals surface area contributed by atoms with Crippen molar-refractivity contribution in [3.63, 3.8) is 0 Å². The average Bonchev–Trinajstić information content (AvgIpc) is 2.56. The molecule has 1 aliphatic heterocycles. The Hall–Kier alpha value is 0.0395. The average molecular weight is 307 g/mol. The Morgan fingerprint density at radius 1 is 1.47 bits per heavy atom. The zero-order chi connectivity index (χ0) is 11.0. The van der Waals surface area contributed by atoms with Gasteiger partial charge in [0, 0.05) is 0 Å². The van der Waals surface area contributed by atoms with Crippen molar-refractivity contribution in [1.82, 2.24) is 0 Å². The van der Waals surface area contributed by atoms with Gasteiger partial charge in [0.25, 0.3) is 0 Å². The molecular weight excluding hydrogens is 295 g/mol. The topological polar surface area (TPSA) is 26.3 Å². The van der Waals surface area contributed by atoms with E-state index in [0.717, 1.165) is 10.6 Å². The van der Waals surface area contributed by atoms with Crippen LogP contribution in [-0.4, -0.2) is 25.2 Å². The maximum atomic E-state index is 11.6. The Morgan fingerprint density at radius 2 is 2.20 bits per heavy atom. The first-order valence-corrected chi connectivity index (χ1v) is 9.99. The Kier molecular flexibility index (Phi) is 3.45. The molecule has 0 fully saturated rings. The van der Waals surface area contributed by atoms with E-state index in [2.05, 4.69) is 19.9 Å². The van der Waals surface area contributed by atoms with E-state index in [-0.39, 0.29) is 13.8 Å². The van der Waals surface area contributed by atoms with E-state index in [4.69, 9.17) is 4.74 Å². The SMILES string of the molecule is COc1ccc(C(C)C)c2c1SS(=O)[Se]2. The van der Waals surface area contributed by atoms with Crippen LogP contribution in [0.25, 0.3) is 0 Å². The fourth-order valence-electron chi connectivity index (χ4n) is 1.49. The zero-order valence-electron chi connectivity index (χ0n) is 8.77. The first-order chi connectivity index (χ1) is 7.13. The molecule has 1 heterocycles. The molecule has 5 heteroatoms. The van der Waals surface area contributed by atoms with E-state index in [1.54, 1.807) is 7.11 Å². The zero-order valence-corrected chi connectivity index (χ0v) is 12.1. The second kappa shape index (κ2) is 4.50. The summed E-state index contributed by atoms with van der Waals surface area (Å²) in [5.41, 5.74) is 1.32. The van der Waals surface area contributed by atoms with Crippen molar-refractivity contribution >= 4 is 37.3 Å². The van der Waals surface area contributed by atoms with E-state index in [9.17, 15) is 4.21 Å². The predicted molar refractivity (Wildman–Crippen MR) is 66.5 cm³/mol. The minimum atomic E-state index is -0.759. The third-order valence-electron chi connectivity index (χ3n) is 2.25. The van der Waals surface area contributed by atoms with Crippen LogP contribution in [0.3, 0.4) is 0 Å². The second-order valence-corrected chi connectivity index (χ2v) is 11.3. The van der Waals surface area contributed by atoms with Gasteiger partial charge in [-0.25, -0.2) is 0 Å². The molecule has 1 aliphatic rings. The number of benzene rings is 1. The maximum absolute atomic E-state index is 11.6. The molecule has 2 nitrogen and oxygen atoms in total. The van der Waals surface area contributed by atoms with Gasteiger partial charge >= 0.3 is 102 Å². The van der Waals surface area contributed by atoms with E-state index >= 15 is 0 Å². The van der Waals surface area contributed by atoms with Crippen LogP contribution in [0.1, 0.15) is 25.3 Å². The van der Waals surface area contributed by atoms with Gasteiger partial charge in [0.1, 0.15) is 0 Å². The van der Waals surface area contributed by atoms with E-state index in [1.165, 1.54) is 20.8 Å². The molecular formula is C10H12O2S2Se. The first-order valence-electron chi connectivity index (χ1n) is 4.62. The van der Waals surface area contributed by atoms with Gasteiger partial charge in [0.05, 0.1) is 0 Å². The van der Waals surface area contributed by atoms with Crippen LogP contribution in [0.15, 0.2) is 17.0 Å². The molecule has 82 valence electrons. The third kappa shape index (κ3) is 2.11. The summed E-state index contributed by atoms with van der Waals surface area (Å²) >= 11 is 0.0775. The van der Waals surface area contributed by atoms with Gasteiger partial charge in [-0.05, 0) is 0 Å². The van der Waals surface area contributed by atoms with Gasteiger partial charge in [-0.3, -0.25) is 0 Å². The Morgan fingerprint density at radius 3 is 2.80 bits per heavy atom. The van der Waals surface area contributed by atoms with Crippen LogP contribution < -0.4 is 9.20 Å². The monoisotopic (exact) mass is 308 g/mol. The summed E-state index contributed by atoms with van der Waals surface area (Å²) in [4.78, 5) is 1.10. The van der Waals surface area contributed by atoms with Gasteiger partial charge in [-0.15, -0.1) is 0 Å². The van der Waals surface area contributed by atoms with Crippen LogP contribution in [0, 0.1) is 0 Å². The van der Waals surface area contributed by atoms with Crippen LogP contribution in [0.5, 0.6) is 5.75 Å². The van der Waals surface area contributed by atoms with Gasteiger partial charge in [-0.2, -0.15) is 0 Å². The number of fused-ring (bicyclic) bond motifs is 1. The minimum absolute atomic E-state index is 0.0775. The number of ether oxygens (including phenoxy) is 1. The van der Waals surface area contributed by atoms with Crippen LogP contribution in [0.2, 0.25) is 0 Å². The Labute approximate surface area is 101 Å². The molecule has 0 spiro atoms. The quantitative estimate of drug-likeness (QED) is 0.616. The van der Waals surface area contributed by atoms with Crippen molar-refractivity contribution in [3.05, 3.63) is 17.7 Å². The second-order valence-electron chi connectivity index (χ2n) is 3.54. The third-order valence-corrected chi connectivity index (χ3v) is 9.64. The van der Waals surface area contributed by atoms with Crippen molar-refractivity contribution in [2.75, 3.05) is 7.11 Å². The normalized spacial score (nSPS) is 19.3. The summed E-state index contributed by atoms with van der Waals surface area (Å²) in [7, 11) is 2.36. The van der Waals surface area contributed by atoms with E-state index in [1.807, 2.05) is 6.07 Å². The van der Waals surface area contributed by atoms with E-state index < -0.39 is 8.25 Å². The Bertz CT molecular complexity index is 418. The van der Waals surface area contributed by atoms with Gasteiger partial charge in [0.15, 0.2) is 0 Å². The summed E-state index contributed by atoms with van der Waals surface area (Å²) in [5.74, 6) is 1.36. The molecule has 0 bridgehead atoms. The summed E-state index contributed by atoms with van der Waals surface area (Å²) in [6.07, 6.45) is 0. The van der Waals surface area contributed by atoms with Crippen LogP contribution in [0.4, 0.5) is 0 Å². The summed E-state index contributed by atoms with van der Waals surface area (Å²) in [6, 6.07) is 4.09. The molecule has 15 heavy (non-hydrogen) atoms. The number of hydrogen-bond donors (Lipinski definition) is 0. The molecule has 0 radical (unpaired) electrons. The number of rotatable bonds is 2. The standard InChI is InChI=1S/C10H12O2S2Se/c1-6(2)7-4-5-8(12-3)9-10(7)15-14(11)13-9/h4-6H,1-3H3. The molecule has 1 aromatic carbocycles. The van der Waals surface area contributed by atoms with Gasteiger partial charge in [0.2, 0.25) is 0 Å². The van der Waals surface area contributed by atoms with Crippen molar-refractivity contribution in [2.45, 2.75) is 24.7 Å². The number of methoxy groups -OCH3 is 1. The molecule has 2 rings (SSSR count). The fourth-order valence-corrected chi connectivity index (χ4v) is 10.3. The first kappa shape index (κ1) is 11.5. The molecule has 1 atom stereocenters. The summed E-state index contributed by atoms with van der Waals surface area (Å²) < 4.78 is 18.2. The van der Waals surface area contributed by atoms with Crippen molar-refractivity contribution in [3.8, 4) is 5.75 Å². The van der Waals surface area contributed by atoms with Crippen molar-refractivity contribution in [1.29, 1.82) is 0 Å². The van der Waals surface area contributed by atoms with Gasteiger partial charge < -0.3 is 0 Å². The number of hydrogen-bond acceptors (Lipinski definition) is 3. The molecule has 0 aliphatic carbocycles. The predicted octanol–water partition coefficient (Wildman–Crippen LogP) is 1.83. The molecule has 1 aromatic rings. The molecule has 0 N–H and O–H groups in total. The molecule has 0 saturated heterocycles. The molecule has 0 amide bonds. The molecule has 0 aromatic heterocycles. The van der Waals surface area contributed by atoms with Crippen molar-refractivity contribution < 1.29 is 8.95 Å². The Balaban J connectivity index is 2.56. The van der Waals surface area contributed by atoms with Crippen LogP contribution in [-0.2, 0) is 8.25 Å². The van der Waals surface area contributed by atoms with E-state index in [0.29, 0.717) is 5.92 Å². The summed E-state index contributed by atoms with van der Waals surface area (Å²) in [6.45, 7) is 4.34. The molecule has 1 unspecified atom stereocenters. The molecule has 0 saturated carbocycles. The van der Waals surface area contributed by atoms with Crippen LogP contribution >= 0.6 is 10.8 Å². The van der Waals surface area contributed by atoms with Gasteiger partial charge in [-0.1, -0.05) is 0 Å². The summed E-state index contributed by atoms with van der Waals surface area (Å²) in [5, 5.41) is 0. The fraction of sp³-hybridized carbons (Fsp3) is 0.400.